The van der Waals surface area contributed by atoms with Crippen molar-refractivity contribution in [3.8, 4) is 0 Å². The van der Waals surface area contributed by atoms with Gasteiger partial charge in [0.25, 0.3) is 0 Å². The van der Waals surface area contributed by atoms with E-state index >= 15 is 0 Å². The van der Waals surface area contributed by atoms with Crippen LogP contribution in [0.2, 0.25) is 81.9 Å². The highest BCUT2D eigenvalue weighted by Crippen LogP contribution is 2.32. The van der Waals surface area contributed by atoms with E-state index in [2.05, 4.69) is 45.2 Å². The molecule has 0 amide bonds. The van der Waals surface area contributed by atoms with Crippen LogP contribution in [0.5, 0.6) is 0 Å². The maximum absolute atomic E-state index is 10.9. The van der Waals surface area contributed by atoms with Crippen LogP contribution < -0.4 is 0 Å². The van der Waals surface area contributed by atoms with E-state index in [9.17, 15) is 14.7 Å². The van der Waals surface area contributed by atoms with Gasteiger partial charge >= 0.3 is 0 Å². The van der Waals surface area contributed by atoms with Crippen LogP contribution in [-0.4, -0.2) is 67.1 Å². The number of aromatic nitrogens is 10. The number of aromatic amines is 1. The van der Waals surface area contributed by atoms with Crippen LogP contribution in [0.1, 0.15) is 57.6 Å². The highest BCUT2D eigenvalue weighted by molar-refractivity contribution is 6.42. The number of pyridine rings is 6. The zero-order chi connectivity index (χ0) is 52.2. The van der Waals surface area contributed by atoms with E-state index in [0.717, 1.165) is 33.2 Å². The molecule has 0 bridgehead atoms. The number of aliphatic hydroxyl groups excluding tert-OH is 1. The first kappa shape index (κ1) is 61.1. The van der Waals surface area contributed by atoms with Crippen LogP contribution in [0.25, 0.3) is 21.8 Å². The predicted octanol–water partition coefficient (Wildman–Crippen LogP) is 17.4. The van der Waals surface area contributed by atoms with Crippen LogP contribution in [0.15, 0.2) is 42.5 Å². The fourth-order valence-corrected chi connectivity index (χ4v) is 9.76. The van der Waals surface area contributed by atoms with Crippen molar-refractivity contribution >= 4 is 219 Å². The van der Waals surface area contributed by atoms with Crippen LogP contribution in [0, 0.1) is 13.8 Å². The van der Waals surface area contributed by atoms with E-state index in [1.807, 2.05) is 20.9 Å². The lowest BCUT2D eigenvalue weighted by molar-refractivity contribution is 0.101. The van der Waals surface area contributed by atoms with Gasteiger partial charge in [-0.25, -0.2) is 29.9 Å². The van der Waals surface area contributed by atoms with Crippen molar-refractivity contribution in [1.29, 1.82) is 0 Å². The first-order valence-corrected chi connectivity index (χ1v) is 24.2. The van der Waals surface area contributed by atoms with Crippen molar-refractivity contribution in [3.05, 3.63) is 152 Å². The third kappa shape index (κ3) is 18.3. The molecule has 0 spiro atoms. The lowest BCUT2D eigenvalue weighted by atomic mass is 10.2. The number of rotatable bonds is 3. The molecule has 2 N–H and O–H groups in total. The second-order valence-corrected chi connectivity index (χ2v) is 19.1. The Morgan fingerprint density at radius 1 is 0.580 bits per heavy atom. The summed E-state index contributed by atoms with van der Waals surface area (Å²) in [6.07, 6.45) is -0.205. The summed E-state index contributed by atoms with van der Waals surface area (Å²) >= 11 is 90.2. The Morgan fingerprint density at radius 2 is 1.01 bits per heavy atom. The number of nitrogens with one attached hydrogen (secondary N) is 1. The summed E-state index contributed by atoms with van der Waals surface area (Å²) in [6.45, 7) is 6.75. The fourth-order valence-electron chi connectivity index (χ4n) is 5.01. The van der Waals surface area contributed by atoms with E-state index in [1.165, 1.54) is 37.3 Å². The molecule has 1 unspecified atom stereocenters. The number of hydrogen-bond donors (Lipinski definition) is 2. The fraction of sp³-hybridized carbons (Fsp3) is 0.150. The van der Waals surface area contributed by atoms with Crippen molar-refractivity contribution in [2.24, 2.45) is 7.05 Å². The minimum absolute atomic E-state index is 0.0255. The lowest BCUT2D eigenvalue weighted by Crippen LogP contribution is -1.97. The first-order chi connectivity index (χ1) is 32.1. The zero-order valence-corrected chi connectivity index (χ0v) is 47.1. The van der Waals surface area contributed by atoms with E-state index in [-0.39, 0.29) is 57.9 Å². The Bertz CT molecular complexity index is 3020. The number of fused-ring (bicyclic) bond motifs is 2. The monoisotopic (exact) mass is 1250 g/mol. The normalized spacial score (nSPS) is 10.8. The topological polar surface area (TPSA) is 178 Å². The second-order valence-electron chi connectivity index (χ2n) is 13.0. The molecule has 69 heavy (non-hydrogen) atoms. The molecule has 29 heteroatoms. The predicted molar refractivity (Wildman–Crippen MR) is 285 cm³/mol. The minimum Gasteiger partial charge on any atom is -0.389 e. The lowest BCUT2D eigenvalue weighted by Gasteiger charge is -2.08. The summed E-state index contributed by atoms with van der Waals surface area (Å²) in [5, 5.41) is 26.2. The van der Waals surface area contributed by atoms with Gasteiger partial charge in [-0.2, -0.15) is 10.2 Å². The number of ketones is 1. The van der Waals surface area contributed by atoms with Crippen molar-refractivity contribution in [3.63, 3.8) is 0 Å². The molecule has 0 fully saturated rings. The van der Waals surface area contributed by atoms with Crippen LogP contribution in [0.4, 0.5) is 0 Å². The molecule has 13 nitrogen and oxygen atoms in total. The quantitative estimate of drug-likeness (QED) is 0.0977. The van der Waals surface area contributed by atoms with Gasteiger partial charge in [0.15, 0.2) is 12.1 Å². The van der Waals surface area contributed by atoms with E-state index in [1.54, 1.807) is 23.7 Å². The summed E-state index contributed by atoms with van der Waals surface area (Å²) < 4.78 is 1.76. The Labute approximate surface area is 472 Å². The van der Waals surface area contributed by atoms with Crippen LogP contribution in [0.3, 0.4) is 0 Å². The number of aliphatic hydroxyl groups is 1. The molecule has 0 aliphatic carbocycles. The molecule has 0 aliphatic heterocycles. The molecule has 8 aromatic heterocycles. The average Bonchev–Trinajstić information content (AvgIpc) is 3.71. The number of nitrogens with zero attached hydrogens (tertiary/aromatic N) is 9. The van der Waals surface area contributed by atoms with Crippen molar-refractivity contribution in [1.82, 2.24) is 49.9 Å². The second kappa shape index (κ2) is 28.3. The summed E-state index contributed by atoms with van der Waals surface area (Å²) in [6, 6.07) is 10.6. The van der Waals surface area contributed by atoms with Gasteiger partial charge in [-0.1, -0.05) is 186 Å². The van der Waals surface area contributed by atoms with E-state index < -0.39 is 6.10 Å². The number of aldehydes is 1. The van der Waals surface area contributed by atoms with Gasteiger partial charge in [-0.15, -0.1) is 0 Å². The third-order valence-corrected chi connectivity index (χ3v) is 11.9. The number of hydrogen-bond acceptors (Lipinski definition) is 11. The summed E-state index contributed by atoms with van der Waals surface area (Å²) in [4.78, 5) is 43.8. The average molecular weight is 1260 g/mol. The molecule has 8 rings (SSSR count). The van der Waals surface area contributed by atoms with Crippen molar-refractivity contribution < 1.29 is 14.7 Å². The Kier molecular flexibility index (Phi) is 25.0. The molecule has 0 aliphatic rings. The number of H-pyrrole nitrogens is 1. The molecule has 8 heterocycles. The number of carbonyl (C=O) groups excluding carboxylic acids is 2. The van der Waals surface area contributed by atoms with Crippen LogP contribution >= 0.6 is 186 Å². The Hall–Kier alpha value is -2.22. The Morgan fingerprint density at radius 3 is 1.48 bits per heavy atom. The van der Waals surface area contributed by atoms with Gasteiger partial charge < -0.3 is 5.11 Å². The SMILES string of the molecule is CC(=O)c1c(Cl)cc(Cl)nc1Cl.CC(O)c1c(Cl)cc(Cl)nc1Cl.Cc1[nH]nc2cc(Cl)nc(Cl)c12.Cc1c2c(Cl)nc(Cl)cc2nn1C.Clc1cc(Cl)nc(Cl)c1.O=Cc1c(Cl)cc(Cl)nc1Cl. The first-order valence-electron chi connectivity index (χ1n) is 18.1. The zero-order valence-electron chi connectivity index (χ0n) is 35.0. The van der Waals surface area contributed by atoms with Gasteiger partial charge in [0, 0.05) is 41.2 Å². The maximum atomic E-state index is 10.9. The van der Waals surface area contributed by atoms with Crippen molar-refractivity contribution in [2.75, 3.05) is 0 Å². The summed E-state index contributed by atoms with van der Waals surface area (Å²) in [5.74, 6) is -0.228. The molecule has 0 saturated heterocycles. The molecule has 366 valence electrons. The minimum atomic E-state index is -0.741. The maximum Gasteiger partial charge on any atom is 0.164 e. The molecule has 0 saturated carbocycles. The third-order valence-electron chi connectivity index (χ3n) is 8.04. The highest BCUT2D eigenvalue weighted by Gasteiger charge is 2.15. The number of aryl methyl sites for hydroxylation is 3. The number of carbonyl (C=O) groups is 2. The number of Topliss-reactive ketones (excluding diaryl/α,β-unsaturated/α-hetero) is 1. The molecule has 0 aromatic carbocycles. The van der Waals surface area contributed by atoms with Gasteiger partial charge in [0.05, 0.1) is 54.1 Å². The van der Waals surface area contributed by atoms with E-state index in [0.29, 0.717) is 52.8 Å². The van der Waals surface area contributed by atoms with Gasteiger partial charge in [0.2, 0.25) is 0 Å². The van der Waals surface area contributed by atoms with Crippen LogP contribution in [-0.2, 0) is 7.05 Å². The van der Waals surface area contributed by atoms with Gasteiger partial charge in [-0.05, 0) is 58.0 Å². The molecule has 1 atom stereocenters. The summed E-state index contributed by atoms with van der Waals surface area (Å²) in [7, 11) is 1.86. The Balaban J connectivity index is 0.000000220. The van der Waals surface area contributed by atoms with Gasteiger partial charge in [0.1, 0.15) is 61.8 Å². The molecule has 8 aromatic rings. The summed E-state index contributed by atoms with van der Waals surface area (Å²) in [5.41, 5.74) is 4.20. The standard InChI is InChI=1S/C8H7Cl2N3.C7H6Cl3NO.C7H4Cl3NO.C7H5Cl2N3.C6H2Cl3NO.C5H2Cl3N/c1-4-7-5(12-13(4)2)3-6(9)11-8(7)10;2*1-3(12)6-4(8)2-5(9)11-7(6)10;1-3-6-4(12-11-3)2-5(8)10-7(6)9;7-4-1-5(8)10-6(9)3(4)2-11;6-3-1-4(7)9-5(8)2-3/h3H,1-2H3;2-3,12H,1H3;2H,1H3;2H,1H3,(H,11,12);1-2H;1-2H. The largest absolute Gasteiger partial charge is 0.389 e. The molecular formula is C40H26Cl16N10O3. The molecular weight excluding hydrogens is 1240 g/mol. The molecule has 0 radical (unpaired) electrons. The highest BCUT2D eigenvalue weighted by atomic mass is 35.5. The van der Waals surface area contributed by atoms with E-state index in [4.69, 9.17) is 186 Å². The van der Waals surface area contributed by atoms with Crippen molar-refractivity contribution in [2.45, 2.75) is 33.8 Å². The smallest absolute Gasteiger partial charge is 0.164 e. The number of halogens is 16. The van der Waals surface area contributed by atoms with Gasteiger partial charge in [-0.3, -0.25) is 19.4 Å².